The maximum absolute atomic E-state index is 13.2. The number of hydrogen-bond donors (Lipinski definition) is 0. The van der Waals surface area contributed by atoms with E-state index in [-0.39, 0.29) is 5.75 Å². The molecule has 0 spiro atoms. The molecule has 16 heavy (non-hydrogen) atoms. The highest BCUT2D eigenvalue weighted by molar-refractivity contribution is 5.24. The highest BCUT2D eigenvalue weighted by atomic mass is 19.1. The Morgan fingerprint density at radius 1 is 1.12 bits per heavy atom. The van der Waals surface area contributed by atoms with Crippen LogP contribution in [0.15, 0.2) is 18.2 Å². The molecule has 1 aliphatic carbocycles. The van der Waals surface area contributed by atoms with E-state index in [1.165, 1.54) is 19.3 Å². The van der Waals surface area contributed by atoms with Gasteiger partial charge in [-0.2, -0.15) is 0 Å². The molecule has 1 aliphatic rings. The number of benzene rings is 1. The number of rotatable bonds is 3. The van der Waals surface area contributed by atoms with Gasteiger partial charge >= 0.3 is 0 Å². The van der Waals surface area contributed by atoms with Crippen LogP contribution in [-0.4, -0.2) is 6.61 Å². The summed E-state index contributed by atoms with van der Waals surface area (Å²) < 4.78 is 31.4. The van der Waals surface area contributed by atoms with Gasteiger partial charge in [0.05, 0.1) is 6.61 Å². The van der Waals surface area contributed by atoms with Crippen molar-refractivity contribution in [1.82, 2.24) is 0 Å². The van der Waals surface area contributed by atoms with Gasteiger partial charge in [0.1, 0.15) is 5.82 Å². The van der Waals surface area contributed by atoms with Crippen LogP contribution in [0.2, 0.25) is 0 Å². The smallest absolute Gasteiger partial charge is 0.165 e. The van der Waals surface area contributed by atoms with Gasteiger partial charge in [0.25, 0.3) is 0 Å². The summed E-state index contributed by atoms with van der Waals surface area (Å²) in [7, 11) is 0. The normalized spacial score (nSPS) is 17.4. The Morgan fingerprint density at radius 3 is 2.62 bits per heavy atom. The molecule has 0 unspecified atom stereocenters. The first-order chi connectivity index (χ1) is 7.75. The topological polar surface area (TPSA) is 9.23 Å². The first kappa shape index (κ1) is 11.4. The van der Waals surface area contributed by atoms with Crippen LogP contribution < -0.4 is 4.74 Å². The second-order valence-corrected chi connectivity index (χ2v) is 4.39. The lowest BCUT2D eigenvalue weighted by Gasteiger charge is -2.21. The van der Waals surface area contributed by atoms with Crippen molar-refractivity contribution in [3.8, 4) is 5.75 Å². The minimum Gasteiger partial charge on any atom is -0.490 e. The average Bonchev–Trinajstić information content (AvgIpc) is 2.32. The molecule has 0 amide bonds. The molecule has 2 rings (SSSR count). The Balaban J connectivity index is 1.90. The van der Waals surface area contributed by atoms with E-state index in [9.17, 15) is 8.78 Å². The van der Waals surface area contributed by atoms with E-state index in [4.69, 9.17) is 4.74 Å². The molecule has 0 aromatic heterocycles. The molecule has 3 heteroatoms. The lowest BCUT2D eigenvalue weighted by molar-refractivity contribution is 0.201. The van der Waals surface area contributed by atoms with E-state index in [1.54, 1.807) is 0 Å². The van der Waals surface area contributed by atoms with Crippen molar-refractivity contribution >= 4 is 0 Å². The standard InChI is InChI=1S/C13H16F2O/c14-11-6-7-12(15)13(8-11)16-9-10-4-2-1-3-5-10/h6-8,10H,1-5,9H2. The van der Waals surface area contributed by atoms with E-state index in [1.807, 2.05) is 0 Å². The minimum absolute atomic E-state index is 0.0329. The van der Waals surface area contributed by atoms with Crippen molar-refractivity contribution in [2.45, 2.75) is 32.1 Å². The largest absolute Gasteiger partial charge is 0.490 e. The lowest BCUT2D eigenvalue weighted by Crippen LogP contribution is -2.15. The summed E-state index contributed by atoms with van der Waals surface area (Å²) in [5.41, 5.74) is 0. The van der Waals surface area contributed by atoms with Crippen molar-refractivity contribution in [1.29, 1.82) is 0 Å². The second-order valence-electron chi connectivity index (χ2n) is 4.39. The predicted molar refractivity (Wildman–Crippen MR) is 58.4 cm³/mol. The maximum Gasteiger partial charge on any atom is 0.165 e. The SMILES string of the molecule is Fc1ccc(F)c(OCC2CCCCC2)c1. The van der Waals surface area contributed by atoms with Crippen molar-refractivity contribution in [3.63, 3.8) is 0 Å². The van der Waals surface area contributed by atoms with Crippen LogP contribution in [0.5, 0.6) is 5.75 Å². The minimum atomic E-state index is -0.489. The monoisotopic (exact) mass is 226 g/mol. The molecule has 0 atom stereocenters. The molecule has 0 aliphatic heterocycles. The third-order valence-electron chi connectivity index (χ3n) is 3.09. The molecule has 1 fully saturated rings. The van der Waals surface area contributed by atoms with Gasteiger partial charge in [-0.05, 0) is 30.9 Å². The first-order valence-electron chi connectivity index (χ1n) is 5.83. The second kappa shape index (κ2) is 5.28. The van der Waals surface area contributed by atoms with Gasteiger partial charge in [0, 0.05) is 6.07 Å². The van der Waals surface area contributed by atoms with Gasteiger partial charge in [0.2, 0.25) is 0 Å². The van der Waals surface area contributed by atoms with Crippen LogP contribution in [0.3, 0.4) is 0 Å². The van der Waals surface area contributed by atoms with Crippen molar-refractivity contribution in [2.24, 2.45) is 5.92 Å². The number of halogens is 2. The van der Waals surface area contributed by atoms with Crippen molar-refractivity contribution in [2.75, 3.05) is 6.61 Å². The summed E-state index contributed by atoms with van der Waals surface area (Å²) in [6, 6.07) is 3.31. The molecule has 1 aromatic rings. The molecular weight excluding hydrogens is 210 g/mol. The average molecular weight is 226 g/mol. The van der Waals surface area contributed by atoms with E-state index < -0.39 is 11.6 Å². The third kappa shape index (κ3) is 2.94. The van der Waals surface area contributed by atoms with Gasteiger partial charge in [0.15, 0.2) is 11.6 Å². The van der Waals surface area contributed by atoms with Crippen LogP contribution >= 0.6 is 0 Å². The zero-order valence-electron chi connectivity index (χ0n) is 9.22. The van der Waals surface area contributed by atoms with Gasteiger partial charge in [-0.15, -0.1) is 0 Å². The Hall–Kier alpha value is -1.12. The zero-order valence-corrected chi connectivity index (χ0v) is 9.22. The number of ether oxygens (including phenoxy) is 1. The van der Waals surface area contributed by atoms with Gasteiger partial charge in [-0.1, -0.05) is 19.3 Å². The zero-order chi connectivity index (χ0) is 11.4. The van der Waals surface area contributed by atoms with Crippen LogP contribution in [0, 0.1) is 17.6 Å². The van der Waals surface area contributed by atoms with Crippen LogP contribution in [0.1, 0.15) is 32.1 Å². The maximum atomic E-state index is 13.2. The summed E-state index contributed by atoms with van der Waals surface area (Å²) in [5.74, 6) is -0.417. The highest BCUT2D eigenvalue weighted by Gasteiger charge is 2.15. The van der Waals surface area contributed by atoms with E-state index in [0.717, 1.165) is 31.0 Å². The number of hydrogen-bond acceptors (Lipinski definition) is 1. The summed E-state index contributed by atoms with van der Waals surface area (Å²) in [4.78, 5) is 0. The fourth-order valence-corrected chi connectivity index (χ4v) is 2.15. The van der Waals surface area contributed by atoms with Gasteiger partial charge in [-0.25, -0.2) is 8.78 Å². The van der Waals surface area contributed by atoms with Crippen molar-refractivity contribution in [3.05, 3.63) is 29.8 Å². The molecule has 0 heterocycles. The third-order valence-corrected chi connectivity index (χ3v) is 3.09. The molecule has 1 nitrogen and oxygen atoms in total. The van der Waals surface area contributed by atoms with Gasteiger partial charge < -0.3 is 4.74 Å². The van der Waals surface area contributed by atoms with E-state index in [0.29, 0.717) is 12.5 Å². The first-order valence-corrected chi connectivity index (χ1v) is 5.83. The summed E-state index contributed by atoms with van der Waals surface area (Å²) >= 11 is 0. The Morgan fingerprint density at radius 2 is 1.88 bits per heavy atom. The Bertz CT molecular complexity index is 346. The molecule has 0 N–H and O–H groups in total. The summed E-state index contributed by atoms with van der Waals surface area (Å²) in [6.45, 7) is 0.500. The molecule has 0 bridgehead atoms. The Labute approximate surface area is 94.4 Å². The predicted octanol–water partition coefficient (Wildman–Crippen LogP) is 3.92. The summed E-state index contributed by atoms with van der Waals surface area (Å²) in [5, 5.41) is 0. The Kier molecular flexibility index (Phi) is 3.75. The molecule has 1 aromatic carbocycles. The van der Waals surface area contributed by atoms with E-state index in [2.05, 4.69) is 0 Å². The van der Waals surface area contributed by atoms with Crippen LogP contribution in [0.4, 0.5) is 8.78 Å². The highest BCUT2D eigenvalue weighted by Crippen LogP contribution is 2.25. The van der Waals surface area contributed by atoms with Crippen molar-refractivity contribution < 1.29 is 13.5 Å². The molecular formula is C13H16F2O. The fourth-order valence-electron chi connectivity index (χ4n) is 2.15. The molecule has 0 radical (unpaired) electrons. The lowest BCUT2D eigenvalue weighted by atomic mass is 9.90. The molecule has 88 valence electrons. The fraction of sp³-hybridized carbons (Fsp3) is 0.538. The molecule has 0 saturated heterocycles. The molecule has 1 saturated carbocycles. The van der Waals surface area contributed by atoms with E-state index >= 15 is 0 Å². The quantitative estimate of drug-likeness (QED) is 0.759. The summed E-state index contributed by atoms with van der Waals surface area (Å²) in [6.07, 6.45) is 6.00. The van der Waals surface area contributed by atoms with Crippen LogP contribution in [-0.2, 0) is 0 Å². The van der Waals surface area contributed by atoms with Gasteiger partial charge in [-0.3, -0.25) is 0 Å². The van der Waals surface area contributed by atoms with Crippen LogP contribution in [0.25, 0.3) is 0 Å².